The van der Waals surface area contributed by atoms with Crippen LogP contribution < -0.4 is 5.32 Å². The van der Waals surface area contributed by atoms with Crippen molar-refractivity contribution in [3.8, 4) is 0 Å². The first-order chi connectivity index (χ1) is 6.78. The van der Waals surface area contributed by atoms with Crippen LogP contribution in [0.25, 0.3) is 0 Å². The largest absolute Gasteiger partial charge is 0.378 e. The molecule has 0 aromatic carbocycles. The molecule has 0 atom stereocenters. The number of rotatable bonds is 4. The zero-order valence-corrected chi connectivity index (χ0v) is 9.30. The average Bonchev–Trinajstić information content (AvgIpc) is 2.48. The highest BCUT2D eigenvalue weighted by molar-refractivity contribution is 7.09. The van der Waals surface area contributed by atoms with Crippen LogP contribution in [0.5, 0.6) is 0 Å². The molecule has 1 saturated carbocycles. The first kappa shape index (κ1) is 9.86. The molecule has 0 spiro atoms. The molecule has 5 heteroatoms. The molecule has 14 heavy (non-hydrogen) atoms. The number of aromatic nitrogens is 2. The Bertz CT molecular complexity index is 296. The lowest BCUT2D eigenvalue weighted by atomic mass is 9.89. The van der Waals surface area contributed by atoms with E-state index in [1.54, 1.807) is 0 Å². The van der Waals surface area contributed by atoms with Crippen LogP contribution in [0.15, 0.2) is 0 Å². The summed E-state index contributed by atoms with van der Waals surface area (Å²) in [6, 6.07) is 0.527. The van der Waals surface area contributed by atoms with E-state index < -0.39 is 0 Å². The molecule has 78 valence electrons. The molecule has 0 amide bonds. The summed E-state index contributed by atoms with van der Waals surface area (Å²) in [7, 11) is 0. The fourth-order valence-electron chi connectivity index (χ4n) is 1.59. The summed E-state index contributed by atoms with van der Waals surface area (Å²) in [5.41, 5.74) is 0. The van der Waals surface area contributed by atoms with Gasteiger partial charge in [-0.3, -0.25) is 0 Å². The monoisotopic (exact) mass is 213 g/mol. The third-order valence-electron chi connectivity index (χ3n) is 2.35. The van der Waals surface area contributed by atoms with Gasteiger partial charge in [0.25, 0.3) is 0 Å². The predicted molar refractivity (Wildman–Crippen MR) is 56.7 cm³/mol. The lowest BCUT2D eigenvalue weighted by Crippen LogP contribution is -2.40. The minimum atomic E-state index is 0.450. The third kappa shape index (κ3) is 2.22. The van der Waals surface area contributed by atoms with E-state index in [0.29, 0.717) is 12.1 Å². The molecular weight excluding hydrogens is 198 g/mol. The number of hydrogen-bond donors (Lipinski definition) is 1. The lowest BCUT2D eigenvalue weighted by molar-refractivity contribution is 0.00299. The van der Waals surface area contributed by atoms with Gasteiger partial charge in [0.2, 0.25) is 5.13 Å². The highest BCUT2D eigenvalue weighted by Crippen LogP contribution is 2.27. The quantitative estimate of drug-likeness (QED) is 0.829. The third-order valence-corrected chi connectivity index (χ3v) is 3.09. The number of nitrogens with zero attached hydrogens (tertiary/aromatic N) is 2. The fraction of sp³-hybridized carbons (Fsp3) is 0.778. The smallest absolute Gasteiger partial charge is 0.202 e. The van der Waals surface area contributed by atoms with Crippen molar-refractivity contribution in [3.63, 3.8) is 0 Å². The Balaban J connectivity index is 1.74. The van der Waals surface area contributed by atoms with Crippen LogP contribution >= 0.6 is 11.5 Å². The standard InChI is InChI=1S/C9H15N3OS/c1-3-13-8-4-7(5-8)11-9-10-6(2)12-14-9/h7-8H,3-5H2,1-2H3,(H,10,11,12). The molecule has 1 fully saturated rings. The first-order valence-corrected chi connectivity index (χ1v) is 5.73. The summed E-state index contributed by atoms with van der Waals surface area (Å²) in [6.45, 7) is 4.76. The minimum absolute atomic E-state index is 0.450. The molecule has 2 rings (SSSR count). The van der Waals surface area contributed by atoms with E-state index in [9.17, 15) is 0 Å². The van der Waals surface area contributed by atoms with E-state index >= 15 is 0 Å². The maximum Gasteiger partial charge on any atom is 0.202 e. The molecular formula is C9H15N3OS. The summed E-state index contributed by atoms with van der Waals surface area (Å²) >= 11 is 1.43. The first-order valence-electron chi connectivity index (χ1n) is 4.96. The molecule has 1 aliphatic rings. The molecule has 1 aromatic rings. The molecule has 0 unspecified atom stereocenters. The second-order valence-electron chi connectivity index (χ2n) is 3.54. The van der Waals surface area contributed by atoms with Crippen molar-refractivity contribution in [2.45, 2.75) is 38.8 Å². The van der Waals surface area contributed by atoms with Crippen molar-refractivity contribution in [1.82, 2.24) is 9.36 Å². The van der Waals surface area contributed by atoms with Crippen molar-refractivity contribution < 1.29 is 4.74 Å². The van der Waals surface area contributed by atoms with E-state index in [0.717, 1.165) is 30.4 Å². The summed E-state index contributed by atoms with van der Waals surface area (Å²) in [4.78, 5) is 4.26. The normalized spacial score (nSPS) is 25.9. The van der Waals surface area contributed by atoms with Crippen LogP contribution in [0.4, 0.5) is 5.13 Å². The summed E-state index contributed by atoms with van der Waals surface area (Å²) in [5.74, 6) is 0.846. The SMILES string of the molecule is CCOC1CC(Nc2nc(C)ns2)C1. The van der Waals surface area contributed by atoms with E-state index in [4.69, 9.17) is 4.74 Å². The van der Waals surface area contributed by atoms with Crippen molar-refractivity contribution in [3.05, 3.63) is 5.82 Å². The van der Waals surface area contributed by atoms with E-state index in [2.05, 4.69) is 14.7 Å². The number of ether oxygens (including phenoxy) is 1. The minimum Gasteiger partial charge on any atom is -0.378 e. The predicted octanol–water partition coefficient (Wildman–Crippen LogP) is 1.83. The van der Waals surface area contributed by atoms with Crippen molar-refractivity contribution >= 4 is 16.7 Å². The number of aryl methyl sites for hydroxylation is 1. The Morgan fingerprint density at radius 2 is 2.36 bits per heavy atom. The van der Waals surface area contributed by atoms with Crippen molar-refractivity contribution in [2.75, 3.05) is 11.9 Å². The molecule has 4 nitrogen and oxygen atoms in total. The van der Waals surface area contributed by atoms with Gasteiger partial charge in [0, 0.05) is 24.2 Å². The van der Waals surface area contributed by atoms with E-state index in [1.807, 2.05) is 13.8 Å². The van der Waals surface area contributed by atoms with Gasteiger partial charge in [-0.2, -0.15) is 4.37 Å². The maximum atomic E-state index is 5.48. The van der Waals surface area contributed by atoms with Gasteiger partial charge >= 0.3 is 0 Å². The van der Waals surface area contributed by atoms with Crippen LogP contribution in [0.2, 0.25) is 0 Å². The molecule has 1 heterocycles. The van der Waals surface area contributed by atoms with Gasteiger partial charge in [-0.25, -0.2) is 4.98 Å². The van der Waals surface area contributed by atoms with E-state index in [-0.39, 0.29) is 0 Å². The van der Waals surface area contributed by atoms with Crippen LogP contribution in [0.1, 0.15) is 25.6 Å². The highest BCUT2D eigenvalue weighted by atomic mass is 32.1. The molecule has 0 bridgehead atoms. The second-order valence-corrected chi connectivity index (χ2v) is 4.29. The number of anilines is 1. The Labute approximate surface area is 87.9 Å². The van der Waals surface area contributed by atoms with Gasteiger partial charge in [0.05, 0.1) is 6.10 Å². The molecule has 1 N–H and O–H groups in total. The Kier molecular flexibility index (Phi) is 2.98. The zero-order valence-electron chi connectivity index (χ0n) is 8.49. The molecule has 0 saturated heterocycles. The van der Waals surface area contributed by atoms with Gasteiger partial charge in [-0.1, -0.05) is 0 Å². The van der Waals surface area contributed by atoms with Crippen molar-refractivity contribution in [2.24, 2.45) is 0 Å². The Morgan fingerprint density at radius 1 is 1.57 bits per heavy atom. The average molecular weight is 213 g/mol. The topological polar surface area (TPSA) is 47.0 Å². The molecule has 0 aliphatic heterocycles. The van der Waals surface area contributed by atoms with Gasteiger partial charge < -0.3 is 10.1 Å². The lowest BCUT2D eigenvalue weighted by Gasteiger charge is -2.35. The Hall–Kier alpha value is -0.680. The highest BCUT2D eigenvalue weighted by Gasteiger charge is 2.29. The molecule has 1 aromatic heterocycles. The van der Waals surface area contributed by atoms with Crippen LogP contribution in [-0.2, 0) is 4.74 Å². The molecule has 0 radical (unpaired) electrons. The zero-order chi connectivity index (χ0) is 9.97. The van der Waals surface area contributed by atoms with Crippen LogP contribution in [0, 0.1) is 6.92 Å². The maximum absolute atomic E-state index is 5.48. The van der Waals surface area contributed by atoms with Gasteiger partial charge in [-0.05, 0) is 26.7 Å². The van der Waals surface area contributed by atoms with Gasteiger partial charge in [0.15, 0.2) is 0 Å². The van der Waals surface area contributed by atoms with E-state index in [1.165, 1.54) is 11.5 Å². The second kappa shape index (κ2) is 4.23. The Morgan fingerprint density at radius 3 is 2.93 bits per heavy atom. The van der Waals surface area contributed by atoms with Gasteiger partial charge in [-0.15, -0.1) is 0 Å². The van der Waals surface area contributed by atoms with Crippen LogP contribution in [0.3, 0.4) is 0 Å². The van der Waals surface area contributed by atoms with Gasteiger partial charge in [0.1, 0.15) is 5.82 Å². The summed E-state index contributed by atoms with van der Waals surface area (Å²) in [5, 5.41) is 4.29. The fourth-order valence-corrected chi connectivity index (χ4v) is 2.24. The summed E-state index contributed by atoms with van der Waals surface area (Å²) in [6.07, 6.45) is 2.63. The number of nitrogens with one attached hydrogen (secondary N) is 1. The van der Waals surface area contributed by atoms with Crippen LogP contribution in [-0.4, -0.2) is 28.1 Å². The molecule has 1 aliphatic carbocycles. The van der Waals surface area contributed by atoms with Crippen molar-refractivity contribution in [1.29, 1.82) is 0 Å². The number of hydrogen-bond acceptors (Lipinski definition) is 5. The summed E-state index contributed by atoms with van der Waals surface area (Å²) < 4.78 is 9.60.